The summed E-state index contributed by atoms with van der Waals surface area (Å²) in [6.07, 6.45) is 4.19. The Morgan fingerprint density at radius 2 is 1.39 bits per heavy atom. The predicted molar refractivity (Wildman–Crippen MR) is 127 cm³/mol. The highest BCUT2D eigenvalue weighted by Crippen LogP contribution is 2.25. The molecule has 5 nitrogen and oxygen atoms in total. The van der Waals surface area contributed by atoms with Crippen LogP contribution in [0, 0.1) is 5.92 Å². The van der Waals surface area contributed by atoms with Crippen molar-refractivity contribution in [2.45, 2.75) is 32.5 Å². The first-order valence-corrected chi connectivity index (χ1v) is 11.0. The average molecular weight is 445 g/mol. The molecule has 0 saturated heterocycles. The van der Waals surface area contributed by atoms with E-state index in [0.717, 1.165) is 0 Å². The van der Waals surface area contributed by atoms with Gasteiger partial charge in [0.2, 0.25) is 6.29 Å². The third-order valence-corrected chi connectivity index (χ3v) is 4.98. The molecule has 0 aromatic heterocycles. The molecule has 0 heterocycles. The number of esters is 2. The summed E-state index contributed by atoms with van der Waals surface area (Å²) in [7, 11) is 0. The molecule has 0 aliphatic carbocycles. The SMILES string of the molecule is CC=CCC(CCC(=O)Oc1ccccc1)C(OC(=O)c1ccccc1)Oc1ccccc1. The van der Waals surface area contributed by atoms with Crippen molar-refractivity contribution in [1.82, 2.24) is 0 Å². The van der Waals surface area contributed by atoms with Gasteiger partial charge in [-0.1, -0.05) is 66.7 Å². The van der Waals surface area contributed by atoms with Crippen LogP contribution in [0.5, 0.6) is 11.5 Å². The first-order valence-electron chi connectivity index (χ1n) is 11.0. The van der Waals surface area contributed by atoms with Crippen molar-refractivity contribution in [2.24, 2.45) is 5.92 Å². The molecule has 3 aromatic carbocycles. The van der Waals surface area contributed by atoms with Gasteiger partial charge >= 0.3 is 11.9 Å². The Kier molecular flexibility index (Phi) is 9.28. The van der Waals surface area contributed by atoms with Gasteiger partial charge in [-0.25, -0.2) is 4.79 Å². The second-order valence-corrected chi connectivity index (χ2v) is 7.46. The minimum Gasteiger partial charge on any atom is -0.454 e. The van der Waals surface area contributed by atoms with Gasteiger partial charge < -0.3 is 14.2 Å². The second kappa shape index (κ2) is 12.9. The first-order chi connectivity index (χ1) is 16.2. The summed E-state index contributed by atoms with van der Waals surface area (Å²) in [5.74, 6) is 0.00610. The van der Waals surface area contributed by atoms with E-state index in [0.29, 0.717) is 29.9 Å². The molecule has 0 radical (unpaired) electrons. The molecule has 0 N–H and O–H groups in total. The predicted octanol–water partition coefficient (Wildman–Crippen LogP) is 6.22. The maximum absolute atomic E-state index is 12.8. The number of allylic oxidation sites excluding steroid dienone is 2. The van der Waals surface area contributed by atoms with Crippen molar-refractivity contribution in [3.05, 3.63) is 109 Å². The Balaban J connectivity index is 1.74. The van der Waals surface area contributed by atoms with Gasteiger partial charge in [0.15, 0.2) is 0 Å². The molecular formula is C28H28O5. The van der Waals surface area contributed by atoms with Crippen molar-refractivity contribution >= 4 is 11.9 Å². The van der Waals surface area contributed by atoms with Crippen LogP contribution in [-0.4, -0.2) is 18.2 Å². The lowest BCUT2D eigenvalue weighted by Gasteiger charge is -2.27. The molecule has 33 heavy (non-hydrogen) atoms. The topological polar surface area (TPSA) is 61.8 Å². The number of carbonyl (C=O) groups excluding carboxylic acids is 2. The third-order valence-electron chi connectivity index (χ3n) is 4.98. The maximum Gasteiger partial charge on any atom is 0.341 e. The summed E-state index contributed by atoms with van der Waals surface area (Å²) < 4.78 is 17.3. The monoisotopic (exact) mass is 444 g/mol. The quantitative estimate of drug-likeness (QED) is 0.152. The number of rotatable bonds is 11. The van der Waals surface area contributed by atoms with E-state index in [1.165, 1.54) is 0 Å². The maximum atomic E-state index is 12.8. The highest BCUT2D eigenvalue weighted by molar-refractivity contribution is 5.89. The summed E-state index contributed by atoms with van der Waals surface area (Å²) in [5.41, 5.74) is 0.437. The fraction of sp³-hybridized carbons (Fsp3) is 0.214. The lowest BCUT2D eigenvalue weighted by Crippen LogP contribution is -2.33. The number of para-hydroxylation sites is 2. The van der Waals surface area contributed by atoms with Crippen LogP contribution in [0.3, 0.4) is 0 Å². The third kappa shape index (κ3) is 7.96. The molecule has 0 aliphatic rings. The van der Waals surface area contributed by atoms with Crippen molar-refractivity contribution in [1.29, 1.82) is 0 Å². The summed E-state index contributed by atoms with van der Waals surface area (Å²) in [5, 5.41) is 0. The fourth-order valence-electron chi connectivity index (χ4n) is 3.25. The average Bonchev–Trinajstić information content (AvgIpc) is 2.85. The number of ether oxygens (including phenoxy) is 3. The fourth-order valence-corrected chi connectivity index (χ4v) is 3.25. The van der Waals surface area contributed by atoms with E-state index < -0.39 is 12.3 Å². The number of hydrogen-bond donors (Lipinski definition) is 0. The summed E-state index contributed by atoms with van der Waals surface area (Å²) in [6, 6.07) is 26.9. The Hall–Kier alpha value is -3.86. The highest BCUT2D eigenvalue weighted by atomic mass is 16.7. The Morgan fingerprint density at radius 1 is 0.818 bits per heavy atom. The molecule has 3 rings (SSSR count). The van der Waals surface area contributed by atoms with Gasteiger partial charge in [-0.05, 0) is 56.2 Å². The van der Waals surface area contributed by atoms with Crippen LogP contribution in [0.1, 0.15) is 36.5 Å². The van der Waals surface area contributed by atoms with Gasteiger partial charge in [-0.2, -0.15) is 0 Å². The molecule has 3 aromatic rings. The van der Waals surface area contributed by atoms with Crippen LogP contribution >= 0.6 is 0 Å². The second-order valence-electron chi connectivity index (χ2n) is 7.46. The summed E-state index contributed by atoms with van der Waals surface area (Å²) in [6.45, 7) is 1.92. The van der Waals surface area contributed by atoms with Gasteiger partial charge in [0.1, 0.15) is 11.5 Å². The number of hydrogen-bond acceptors (Lipinski definition) is 5. The number of benzene rings is 3. The van der Waals surface area contributed by atoms with Crippen LogP contribution in [0.25, 0.3) is 0 Å². The first kappa shape index (κ1) is 23.8. The van der Waals surface area contributed by atoms with Gasteiger partial charge in [-0.15, -0.1) is 0 Å². The van der Waals surface area contributed by atoms with Gasteiger partial charge in [0, 0.05) is 12.3 Å². The molecule has 2 unspecified atom stereocenters. The van der Waals surface area contributed by atoms with Crippen LogP contribution in [0.4, 0.5) is 0 Å². The van der Waals surface area contributed by atoms with Crippen molar-refractivity contribution < 1.29 is 23.8 Å². The van der Waals surface area contributed by atoms with Crippen LogP contribution < -0.4 is 9.47 Å². The standard InChI is InChI=1S/C28H28O5/c1-2-3-13-23(20-21-26(29)31-24-16-9-5-10-17-24)28(32-25-18-11-6-12-19-25)33-27(30)22-14-7-4-8-15-22/h2-12,14-19,23,28H,13,20-21H2,1H3. The molecule has 170 valence electrons. The van der Waals surface area contributed by atoms with Crippen molar-refractivity contribution in [2.75, 3.05) is 0 Å². The minimum atomic E-state index is -0.874. The zero-order valence-electron chi connectivity index (χ0n) is 18.6. The van der Waals surface area contributed by atoms with E-state index >= 15 is 0 Å². The highest BCUT2D eigenvalue weighted by Gasteiger charge is 2.28. The molecule has 0 fully saturated rings. The van der Waals surface area contributed by atoms with Crippen LogP contribution in [0.15, 0.2) is 103 Å². The smallest absolute Gasteiger partial charge is 0.341 e. The Bertz CT molecular complexity index is 1020. The van der Waals surface area contributed by atoms with E-state index in [1.54, 1.807) is 48.5 Å². The van der Waals surface area contributed by atoms with Crippen molar-refractivity contribution in [3.8, 4) is 11.5 Å². The normalized spacial score (nSPS) is 12.6. The lowest BCUT2D eigenvalue weighted by atomic mass is 9.98. The van der Waals surface area contributed by atoms with Crippen molar-refractivity contribution in [3.63, 3.8) is 0 Å². The Labute approximate surface area is 194 Å². The van der Waals surface area contributed by atoms with Gasteiger partial charge in [0.05, 0.1) is 5.56 Å². The molecule has 0 saturated carbocycles. The molecule has 0 spiro atoms. The van der Waals surface area contributed by atoms with Crippen LogP contribution in [-0.2, 0) is 9.53 Å². The van der Waals surface area contributed by atoms with E-state index in [4.69, 9.17) is 14.2 Å². The zero-order valence-corrected chi connectivity index (χ0v) is 18.6. The Morgan fingerprint density at radius 3 is 2.00 bits per heavy atom. The van der Waals surface area contributed by atoms with Crippen LogP contribution in [0.2, 0.25) is 0 Å². The van der Waals surface area contributed by atoms with E-state index in [2.05, 4.69) is 0 Å². The molecule has 0 amide bonds. The zero-order chi connectivity index (χ0) is 23.3. The van der Waals surface area contributed by atoms with E-state index in [-0.39, 0.29) is 18.3 Å². The van der Waals surface area contributed by atoms with Gasteiger partial charge in [0.25, 0.3) is 0 Å². The molecule has 5 heteroatoms. The van der Waals surface area contributed by atoms with Gasteiger partial charge in [-0.3, -0.25) is 4.79 Å². The molecular weight excluding hydrogens is 416 g/mol. The number of carbonyl (C=O) groups is 2. The molecule has 2 atom stereocenters. The lowest BCUT2D eigenvalue weighted by molar-refractivity contribution is -0.135. The summed E-state index contributed by atoms with van der Waals surface area (Å²) in [4.78, 5) is 25.2. The minimum absolute atomic E-state index is 0.161. The molecule has 0 bridgehead atoms. The van der Waals surface area contributed by atoms with E-state index in [9.17, 15) is 9.59 Å². The largest absolute Gasteiger partial charge is 0.454 e. The summed E-state index contributed by atoms with van der Waals surface area (Å²) >= 11 is 0. The molecule has 0 aliphatic heterocycles. The van der Waals surface area contributed by atoms with E-state index in [1.807, 2.05) is 61.5 Å².